The van der Waals surface area contributed by atoms with E-state index < -0.39 is 0 Å². The van der Waals surface area contributed by atoms with Gasteiger partial charge in [0.15, 0.2) is 12.4 Å². The molecule has 2 nitrogen and oxygen atoms in total. The van der Waals surface area contributed by atoms with Crippen LogP contribution in [0, 0.1) is 5.21 Å². The molecule has 1 heterocycles. The highest BCUT2D eigenvalue weighted by Crippen LogP contribution is 2.02. The Hall–Kier alpha value is -0.280. The second-order valence-corrected chi connectivity index (χ2v) is 2.30. The van der Waals surface area contributed by atoms with E-state index in [1.54, 1.807) is 12.1 Å². The molecule has 0 N–H and O–H groups in total. The number of pyridine rings is 1. The van der Waals surface area contributed by atoms with Gasteiger partial charge in [0.2, 0.25) is 0 Å². The molecule has 0 amide bonds. The summed E-state index contributed by atoms with van der Waals surface area (Å²) in [5, 5.41) is 10.4. The molecule has 0 saturated heterocycles. The molecule has 4 heteroatoms. The van der Waals surface area contributed by atoms with E-state index in [0.29, 0.717) is 0 Å². The van der Waals surface area contributed by atoms with Crippen LogP contribution >= 0.6 is 28.3 Å². The van der Waals surface area contributed by atoms with Crippen molar-refractivity contribution in [3.8, 4) is 0 Å². The number of aromatic nitrogens is 1. The molecule has 1 aromatic heterocycles. The lowest BCUT2D eigenvalue weighted by atomic mass is 10.5. The highest BCUT2D eigenvalue weighted by molar-refractivity contribution is 9.10. The minimum absolute atomic E-state index is 0. The van der Waals surface area contributed by atoms with Crippen LogP contribution in [0.5, 0.6) is 0 Å². The predicted molar refractivity (Wildman–Crippen MR) is 40.4 cm³/mol. The van der Waals surface area contributed by atoms with Gasteiger partial charge < -0.3 is 5.21 Å². The maximum absolute atomic E-state index is 10.4. The molecule has 1 rings (SSSR count). The van der Waals surface area contributed by atoms with E-state index in [2.05, 4.69) is 15.9 Å². The maximum Gasteiger partial charge on any atom is 0.194 e. The van der Waals surface area contributed by atoms with Crippen molar-refractivity contribution < 1.29 is 4.73 Å². The van der Waals surface area contributed by atoms with Crippen molar-refractivity contribution in [1.29, 1.82) is 0 Å². The summed E-state index contributed by atoms with van der Waals surface area (Å²) in [7, 11) is 0. The summed E-state index contributed by atoms with van der Waals surface area (Å²) in [6.07, 6.45) is 2.88. The van der Waals surface area contributed by atoms with Crippen LogP contribution in [0.3, 0.4) is 0 Å². The molecule has 0 atom stereocenters. The average Bonchev–Trinajstić information content (AvgIpc) is 1.64. The maximum atomic E-state index is 10.4. The van der Waals surface area contributed by atoms with Gasteiger partial charge in [-0.3, -0.25) is 0 Å². The number of rotatable bonds is 0. The molecule has 1 aromatic rings. The van der Waals surface area contributed by atoms with Gasteiger partial charge in [0, 0.05) is 6.07 Å². The van der Waals surface area contributed by atoms with E-state index in [4.69, 9.17) is 0 Å². The van der Waals surface area contributed by atoms with Crippen LogP contribution in [-0.4, -0.2) is 0 Å². The SMILES string of the molecule is Cl.[O-][n+]1cccc(Br)c1. The van der Waals surface area contributed by atoms with E-state index in [0.717, 1.165) is 9.20 Å². The summed E-state index contributed by atoms with van der Waals surface area (Å²) < 4.78 is 1.54. The Morgan fingerprint density at radius 3 is 2.56 bits per heavy atom. The fraction of sp³-hybridized carbons (Fsp3) is 0. The Morgan fingerprint density at radius 2 is 2.22 bits per heavy atom. The summed E-state index contributed by atoms with van der Waals surface area (Å²) in [6.45, 7) is 0. The third kappa shape index (κ3) is 2.67. The number of hydrogen-bond donors (Lipinski definition) is 0. The van der Waals surface area contributed by atoms with Gasteiger partial charge in [-0.1, -0.05) is 0 Å². The van der Waals surface area contributed by atoms with Gasteiger partial charge in [-0.25, -0.2) is 0 Å². The van der Waals surface area contributed by atoms with Crippen molar-refractivity contribution in [3.05, 3.63) is 34.2 Å². The number of hydrogen-bond acceptors (Lipinski definition) is 1. The largest absolute Gasteiger partial charge is 0.619 e. The van der Waals surface area contributed by atoms with Gasteiger partial charge >= 0.3 is 0 Å². The van der Waals surface area contributed by atoms with Crippen molar-refractivity contribution in [2.24, 2.45) is 0 Å². The Morgan fingerprint density at radius 1 is 1.56 bits per heavy atom. The van der Waals surface area contributed by atoms with Crippen LogP contribution in [-0.2, 0) is 0 Å². The molecule has 0 radical (unpaired) electrons. The molecular formula is C5H5BrClNO. The van der Waals surface area contributed by atoms with Crippen LogP contribution in [0.25, 0.3) is 0 Å². The van der Waals surface area contributed by atoms with Crippen LogP contribution in [0.2, 0.25) is 0 Å². The van der Waals surface area contributed by atoms with E-state index in [1.807, 2.05) is 0 Å². The summed E-state index contributed by atoms with van der Waals surface area (Å²) in [5.41, 5.74) is 0. The molecule has 0 fully saturated rings. The zero-order valence-corrected chi connectivity index (χ0v) is 6.85. The first kappa shape index (κ1) is 8.72. The number of nitrogens with zero attached hydrogens (tertiary/aromatic N) is 1. The Labute approximate surface area is 67.6 Å². The minimum Gasteiger partial charge on any atom is -0.619 e. The lowest BCUT2D eigenvalue weighted by molar-refractivity contribution is -0.606. The van der Waals surface area contributed by atoms with Crippen LogP contribution < -0.4 is 4.73 Å². The Kier molecular flexibility index (Phi) is 3.58. The lowest BCUT2D eigenvalue weighted by Crippen LogP contribution is -2.23. The molecule has 0 aromatic carbocycles. The quantitative estimate of drug-likeness (QED) is 0.471. The normalized spacial score (nSPS) is 8.11. The Bertz CT molecular complexity index is 177. The predicted octanol–water partition coefficient (Wildman–Crippen LogP) is 1.50. The van der Waals surface area contributed by atoms with Crippen molar-refractivity contribution in [1.82, 2.24) is 0 Å². The van der Waals surface area contributed by atoms with Gasteiger partial charge in [-0.05, 0) is 22.0 Å². The fourth-order valence-corrected chi connectivity index (χ4v) is 0.782. The standard InChI is InChI=1S/C5H4BrNO.ClH/c6-5-2-1-3-7(8)4-5;/h1-4H;1H. The second kappa shape index (κ2) is 3.69. The molecular weight excluding hydrogens is 205 g/mol. The van der Waals surface area contributed by atoms with Crippen LogP contribution in [0.15, 0.2) is 29.0 Å². The van der Waals surface area contributed by atoms with E-state index in [1.165, 1.54) is 12.4 Å². The molecule has 9 heavy (non-hydrogen) atoms. The highest BCUT2D eigenvalue weighted by Gasteiger charge is 1.87. The molecule has 0 spiro atoms. The highest BCUT2D eigenvalue weighted by atomic mass is 79.9. The van der Waals surface area contributed by atoms with Crippen molar-refractivity contribution in [3.63, 3.8) is 0 Å². The zero-order chi connectivity index (χ0) is 5.98. The summed E-state index contributed by atoms with van der Waals surface area (Å²) in [6, 6.07) is 3.48. The topological polar surface area (TPSA) is 26.9 Å². The molecule has 0 aliphatic rings. The van der Waals surface area contributed by atoms with Gasteiger partial charge in [0.1, 0.15) is 0 Å². The third-order valence-corrected chi connectivity index (χ3v) is 1.21. The van der Waals surface area contributed by atoms with Gasteiger partial charge in [-0.15, -0.1) is 12.4 Å². The molecule has 50 valence electrons. The molecule has 0 aliphatic carbocycles. The monoisotopic (exact) mass is 209 g/mol. The number of halogens is 2. The van der Waals surface area contributed by atoms with Crippen molar-refractivity contribution in [2.75, 3.05) is 0 Å². The average molecular weight is 210 g/mol. The fourth-order valence-electron chi connectivity index (χ4n) is 0.427. The van der Waals surface area contributed by atoms with Crippen LogP contribution in [0.1, 0.15) is 0 Å². The van der Waals surface area contributed by atoms with E-state index in [-0.39, 0.29) is 12.4 Å². The third-order valence-electron chi connectivity index (χ3n) is 0.739. The van der Waals surface area contributed by atoms with Gasteiger partial charge in [-0.2, -0.15) is 4.73 Å². The van der Waals surface area contributed by atoms with E-state index >= 15 is 0 Å². The Balaban J connectivity index is 0.000000640. The smallest absolute Gasteiger partial charge is 0.194 e. The first-order chi connectivity index (χ1) is 3.79. The first-order valence-corrected chi connectivity index (χ1v) is 2.92. The first-order valence-electron chi connectivity index (χ1n) is 2.13. The minimum atomic E-state index is 0. The summed E-state index contributed by atoms with van der Waals surface area (Å²) >= 11 is 3.14. The zero-order valence-electron chi connectivity index (χ0n) is 4.45. The molecule has 0 saturated carbocycles. The second-order valence-electron chi connectivity index (χ2n) is 1.38. The van der Waals surface area contributed by atoms with Gasteiger partial charge in [0.25, 0.3) is 0 Å². The van der Waals surface area contributed by atoms with E-state index in [9.17, 15) is 5.21 Å². The van der Waals surface area contributed by atoms with Crippen molar-refractivity contribution in [2.45, 2.75) is 0 Å². The molecule has 0 aliphatic heterocycles. The molecule has 0 bridgehead atoms. The molecule has 0 unspecified atom stereocenters. The summed E-state index contributed by atoms with van der Waals surface area (Å²) in [5.74, 6) is 0. The lowest BCUT2D eigenvalue weighted by Gasteiger charge is -1.91. The van der Waals surface area contributed by atoms with Gasteiger partial charge in [0.05, 0.1) is 4.47 Å². The van der Waals surface area contributed by atoms with Crippen molar-refractivity contribution >= 4 is 28.3 Å². The summed E-state index contributed by atoms with van der Waals surface area (Å²) in [4.78, 5) is 0. The van der Waals surface area contributed by atoms with Crippen LogP contribution in [0.4, 0.5) is 0 Å².